The maximum Gasteiger partial charge on any atom is 0.343 e. The van der Waals surface area contributed by atoms with Gasteiger partial charge in [0, 0.05) is 23.3 Å². The van der Waals surface area contributed by atoms with Gasteiger partial charge in [0.1, 0.15) is 11.3 Å². The standard InChI is InChI=1S/C13H13Cl2NO3/c1-7(16-2)11(13(18)19-3)12(17)9-5-4-8(14)6-10(9)15/h4-6,17H,1-3H3/b12-11-,16-7?. The van der Waals surface area contributed by atoms with Gasteiger partial charge < -0.3 is 9.84 Å². The predicted octanol–water partition coefficient (Wildman–Crippen LogP) is 3.53. The third kappa shape index (κ3) is 3.49. The quantitative estimate of drug-likeness (QED) is 0.402. The Hall–Kier alpha value is -1.52. The van der Waals surface area contributed by atoms with Gasteiger partial charge in [0.05, 0.1) is 12.1 Å². The third-order valence-electron chi connectivity index (χ3n) is 2.51. The molecular weight excluding hydrogens is 289 g/mol. The topological polar surface area (TPSA) is 58.9 Å². The van der Waals surface area contributed by atoms with E-state index in [2.05, 4.69) is 9.73 Å². The van der Waals surface area contributed by atoms with Gasteiger partial charge in [-0.05, 0) is 25.1 Å². The van der Waals surface area contributed by atoms with Gasteiger partial charge in [-0.15, -0.1) is 0 Å². The molecule has 0 saturated carbocycles. The minimum atomic E-state index is -0.688. The minimum absolute atomic E-state index is 0.0331. The van der Waals surface area contributed by atoms with Gasteiger partial charge in [0.15, 0.2) is 0 Å². The zero-order valence-corrected chi connectivity index (χ0v) is 12.2. The van der Waals surface area contributed by atoms with Gasteiger partial charge in [-0.2, -0.15) is 0 Å². The smallest absolute Gasteiger partial charge is 0.343 e. The molecule has 0 saturated heterocycles. The Labute approximate surface area is 121 Å². The second-order valence-corrected chi connectivity index (χ2v) is 4.49. The molecule has 0 aliphatic heterocycles. The summed E-state index contributed by atoms with van der Waals surface area (Å²) < 4.78 is 4.63. The first-order valence-electron chi connectivity index (χ1n) is 5.33. The van der Waals surface area contributed by atoms with Crippen LogP contribution in [0.5, 0.6) is 0 Å². The van der Waals surface area contributed by atoms with Crippen molar-refractivity contribution >= 4 is 40.6 Å². The zero-order chi connectivity index (χ0) is 14.6. The number of carbonyl (C=O) groups is 1. The van der Waals surface area contributed by atoms with E-state index >= 15 is 0 Å². The first kappa shape index (κ1) is 15.5. The average Bonchev–Trinajstić information content (AvgIpc) is 2.38. The Balaban J connectivity index is 3.49. The number of carbonyl (C=O) groups excluding carboxylic acids is 1. The van der Waals surface area contributed by atoms with E-state index in [1.807, 2.05) is 0 Å². The van der Waals surface area contributed by atoms with Crippen LogP contribution in [0.25, 0.3) is 5.76 Å². The lowest BCUT2D eigenvalue weighted by atomic mass is 10.0. The SMILES string of the molecule is CN=C(C)/C(C(=O)OC)=C(/O)c1ccc(Cl)cc1Cl. The molecule has 0 aliphatic carbocycles. The Morgan fingerprint density at radius 1 is 1.37 bits per heavy atom. The fourth-order valence-corrected chi connectivity index (χ4v) is 1.94. The Bertz CT molecular complexity index is 565. The molecule has 0 atom stereocenters. The maximum atomic E-state index is 11.7. The molecule has 1 rings (SSSR count). The highest BCUT2D eigenvalue weighted by Gasteiger charge is 2.21. The molecule has 0 aliphatic rings. The molecule has 0 aromatic heterocycles. The van der Waals surface area contributed by atoms with Gasteiger partial charge in [-0.25, -0.2) is 4.79 Å². The fourth-order valence-electron chi connectivity index (χ4n) is 1.45. The Morgan fingerprint density at radius 2 is 2.00 bits per heavy atom. The van der Waals surface area contributed by atoms with Gasteiger partial charge >= 0.3 is 5.97 Å². The third-order valence-corrected chi connectivity index (χ3v) is 3.06. The van der Waals surface area contributed by atoms with Gasteiger partial charge in [-0.1, -0.05) is 23.2 Å². The summed E-state index contributed by atoms with van der Waals surface area (Å²) in [5.74, 6) is -0.983. The normalized spacial score (nSPS) is 13.0. The number of aliphatic hydroxyl groups is 1. The van der Waals surface area contributed by atoms with Crippen LogP contribution < -0.4 is 0 Å². The summed E-state index contributed by atoms with van der Waals surface area (Å²) in [5, 5.41) is 10.9. The number of halogens is 2. The number of nitrogens with zero attached hydrogens (tertiary/aromatic N) is 1. The summed E-state index contributed by atoms with van der Waals surface area (Å²) in [7, 11) is 2.73. The highest BCUT2D eigenvalue weighted by atomic mass is 35.5. The number of benzene rings is 1. The maximum absolute atomic E-state index is 11.7. The van der Waals surface area contributed by atoms with Crippen molar-refractivity contribution in [1.82, 2.24) is 0 Å². The number of hydrogen-bond donors (Lipinski definition) is 1. The van der Waals surface area contributed by atoms with Crippen molar-refractivity contribution in [3.05, 3.63) is 39.4 Å². The van der Waals surface area contributed by atoms with E-state index < -0.39 is 5.97 Å². The number of aliphatic imine (C=N–C) groups is 1. The molecule has 0 radical (unpaired) electrons. The summed E-state index contributed by atoms with van der Waals surface area (Å²) in [4.78, 5) is 15.6. The molecular formula is C13H13Cl2NO3. The zero-order valence-electron chi connectivity index (χ0n) is 10.7. The first-order chi connectivity index (χ1) is 8.92. The van der Waals surface area contributed by atoms with E-state index in [0.29, 0.717) is 10.7 Å². The van der Waals surface area contributed by atoms with Gasteiger partial charge in [0.25, 0.3) is 0 Å². The molecule has 0 spiro atoms. The molecule has 0 fully saturated rings. The van der Waals surface area contributed by atoms with Crippen LogP contribution in [-0.2, 0) is 9.53 Å². The molecule has 102 valence electrons. The summed E-state index contributed by atoms with van der Waals surface area (Å²) >= 11 is 11.8. The lowest BCUT2D eigenvalue weighted by Gasteiger charge is -2.10. The molecule has 1 N–H and O–H groups in total. The second-order valence-electron chi connectivity index (χ2n) is 3.65. The van der Waals surface area contributed by atoms with Crippen molar-refractivity contribution in [2.45, 2.75) is 6.92 Å². The average molecular weight is 302 g/mol. The number of esters is 1. The van der Waals surface area contributed by atoms with E-state index in [0.717, 1.165) is 0 Å². The molecule has 0 bridgehead atoms. The largest absolute Gasteiger partial charge is 0.506 e. The van der Waals surface area contributed by atoms with Crippen molar-refractivity contribution in [3.63, 3.8) is 0 Å². The van der Waals surface area contributed by atoms with Crippen LogP contribution in [-0.4, -0.2) is 30.9 Å². The number of rotatable bonds is 3. The molecule has 0 unspecified atom stereocenters. The molecule has 1 aromatic rings. The fraction of sp³-hybridized carbons (Fsp3) is 0.231. The van der Waals surface area contributed by atoms with Crippen LogP contribution in [0.3, 0.4) is 0 Å². The lowest BCUT2D eigenvalue weighted by molar-refractivity contribution is -0.135. The van der Waals surface area contributed by atoms with Crippen LogP contribution in [0.15, 0.2) is 28.8 Å². The van der Waals surface area contributed by atoms with Gasteiger partial charge in [0.2, 0.25) is 0 Å². The number of aliphatic hydroxyl groups excluding tert-OH is 1. The highest BCUT2D eigenvalue weighted by Crippen LogP contribution is 2.28. The van der Waals surface area contributed by atoms with Crippen molar-refractivity contribution in [2.75, 3.05) is 14.2 Å². The molecule has 4 nitrogen and oxygen atoms in total. The minimum Gasteiger partial charge on any atom is -0.506 e. The number of hydrogen-bond acceptors (Lipinski definition) is 4. The van der Waals surface area contributed by atoms with Crippen LogP contribution in [0.4, 0.5) is 0 Å². The second kappa shape index (κ2) is 6.59. The molecule has 0 heterocycles. The van der Waals surface area contributed by atoms with Crippen molar-refractivity contribution in [2.24, 2.45) is 4.99 Å². The monoisotopic (exact) mass is 301 g/mol. The molecule has 19 heavy (non-hydrogen) atoms. The Morgan fingerprint density at radius 3 is 2.47 bits per heavy atom. The van der Waals surface area contributed by atoms with Crippen LogP contribution in [0.1, 0.15) is 12.5 Å². The van der Waals surface area contributed by atoms with Crippen molar-refractivity contribution in [3.8, 4) is 0 Å². The number of ether oxygens (including phenoxy) is 1. The van der Waals surface area contributed by atoms with E-state index in [1.165, 1.54) is 26.3 Å². The molecule has 0 amide bonds. The molecule has 1 aromatic carbocycles. The van der Waals surface area contributed by atoms with Gasteiger partial charge in [-0.3, -0.25) is 4.99 Å². The highest BCUT2D eigenvalue weighted by molar-refractivity contribution is 6.36. The van der Waals surface area contributed by atoms with Crippen molar-refractivity contribution in [1.29, 1.82) is 0 Å². The lowest BCUT2D eigenvalue weighted by Crippen LogP contribution is -2.14. The van der Waals surface area contributed by atoms with Crippen LogP contribution in [0, 0.1) is 0 Å². The number of methoxy groups -OCH3 is 1. The van der Waals surface area contributed by atoms with E-state index in [1.54, 1.807) is 13.0 Å². The van der Waals surface area contributed by atoms with E-state index in [4.69, 9.17) is 23.2 Å². The van der Waals surface area contributed by atoms with Crippen LogP contribution >= 0.6 is 23.2 Å². The summed E-state index contributed by atoms with van der Waals surface area (Å²) in [6, 6.07) is 4.56. The first-order valence-corrected chi connectivity index (χ1v) is 6.08. The predicted molar refractivity (Wildman–Crippen MR) is 77.1 cm³/mol. The summed E-state index contributed by atoms with van der Waals surface area (Å²) in [5.41, 5.74) is 0.596. The van der Waals surface area contributed by atoms with Crippen LogP contribution in [0.2, 0.25) is 10.0 Å². The Kier molecular flexibility index (Phi) is 5.39. The van der Waals surface area contributed by atoms with E-state index in [-0.39, 0.29) is 21.9 Å². The molecule has 6 heteroatoms. The summed E-state index contributed by atoms with van der Waals surface area (Å²) in [6.45, 7) is 1.59. The van der Waals surface area contributed by atoms with E-state index in [9.17, 15) is 9.90 Å². The van der Waals surface area contributed by atoms with Crippen molar-refractivity contribution < 1.29 is 14.6 Å². The summed E-state index contributed by atoms with van der Waals surface area (Å²) in [6.07, 6.45) is 0.